The van der Waals surface area contributed by atoms with Gasteiger partial charge in [-0.3, -0.25) is 9.78 Å². The number of ether oxygens (including phenoxy) is 3. The Balaban J connectivity index is 1.57. The molecular formula is C17H21N3O4. The second-order valence-electron chi connectivity index (χ2n) is 6.11. The van der Waals surface area contributed by atoms with E-state index in [9.17, 15) is 4.79 Å². The van der Waals surface area contributed by atoms with Crippen LogP contribution in [0.15, 0.2) is 29.1 Å². The third-order valence-corrected chi connectivity index (χ3v) is 4.48. The van der Waals surface area contributed by atoms with Gasteiger partial charge in [0.15, 0.2) is 6.29 Å². The minimum absolute atomic E-state index is 0.137. The minimum atomic E-state index is -0.203. The number of aromatic nitrogens is 2. The highest BCUT2D eigenvalue weighted by Crippen LogP contribution is 2.31. The van der Waals surface area contributed by atoms with E-state index in [2.05, 4.69) is 16.0 Å². The first-order valence-corrected chi connectivity index (χ1v) is 8.34. The predicted octanol–water partition coefficient (Wildman–Crippen LogP) is 0.939. The van der Waals surface area contributed by atoms with Crippen LogP contribution in [0.2, 0.25) is 0 Å². The van der Waals surface area contributed by atoms with Gasteiger partial charge in [-0.25, -0.2) is 4.98 Å². The van der Waals surface area contributed by atoms with Gasteiger partial charge in [0, 0.05) is 25.1 Å². The molecule has 4 rings (SSSR count). The topological polar surface area (TPSA) is 76.7 Å². The van der Waals surface area contributed by atoms with Gasteiger partial charge in [0.05, 0.1) is 32.1 Å². The summed E-state index contributed by atoms with van der Waals surface area (Å²) in [6.45, 7) is 4.04. The molecule has 1 unspecified atom stereocenters. The smallest absolute Gasteiger partial charge is 0.252 e. The third-order valence-electron chi connectivity index (χ3n) is 4.48. The van der Waals surface area contributed by atoms with Crippen LogP contribution in [-0.4, -0.2) is 55.8 Å². The van der Waals surface area contributed by atoms with Gasteiger partial charge in [-0.2, -0.15) is 0 Å². The Morgan fingerprint density at radius 2 is 1.96 bits per heavy atom. The molecule has 2 saturated heterocycles. The molecule has 0 saturated carbocycles. The molecule has 128 valence electrons. The number of H-pyrrole nitrogens is 1. The first kappa shape index (κ1) is 15.6. The Morgan fingerprint density at radius 3 is 2.75 bits per heavy atom. The average Bonchev–Trinajstić information content (AvgIpc) is 3.17. The molecule has 0 amide bonds. The molecule has 3 heterocycles. The Kier molecular flexibility index (Phi) is 4.46. The summed E-state index contributed by atoms with van der Waals surface area (Å²) in [5.74, 6) is 0.765. The summed E-state index contributed by atoms with van der Waals surface area (Å²) in [7, 11) is 0. The van der Waals surface area contributed by atoms with Crippen molar-refractivity contribution in [3.8, 4) is 0 Å². The van der Waals surface area contributed by atoms with E-state index >= 15 is 0 Å². The van der Waals surface area contributed by atoms with Crippen LogP contribution in [0.1, 0.15) is 12.1 Å². The summed E-state index contributed by atoms with van der Waals surface area (Å²) in [6.07, 6.45) is 6.64. The van der Waals surface area contributed by atoms with E-state index in [1.54, 1.807) is 6.07 Å². The Labute approximate surface area is 139 Å². The third kappa shape index (κ3) is 3.28. The normalized spacial score (nSPS) is 25.1. The van der Waals surface area contributed by atoms with Crippen LogP contribution in [0.25, 0.3) is 5.57 Å². The fourth-order valence-corrected chi connectivity index (χ4v) is 3.24. The summed E-state index contributed by atoms with van der Waals surface area (Å²) >= 11 is 0. The van der Waals surface area contributed by atoms with Crippen LogP contribution >= 0.6 is 0 Å². The van der Waals surface area contributed by atoms with Crippen molar-refractivity contribution in [2.45, 2.75) is 12.7 Å². The van der Waals surface area contributed by atoms with Crippen LogP contribution in [-0.2, 0) is 14.2 Å². The predicted molar refractivity (Wildman–Crippen MR) is 88.8 cm³/mol. The van der Waals surface area contributed by atoms with Gasteiger partial charge < -0.3 is 19.1 Å². The average molecular weight is 331 g/mol. The molecule has 1 aliphatic carbocycles. The van der Waals surface area contributed by atoms with Crippen molar-refractivity contribution in [1.82, 2.24) is 9.97 Å². The van der Waals surface area contributed by atoms with E-state index in [0.717, 1.165) is 25.1 Å². The standard InChI is InChI=1S/C17H21N3O4/c21-15-11-14(18-17(19-15)20-4-6-22-7-5-20)12-2-1-3-13(10-12)16-23-8-9-24-16/h1-3,11,13,16H,4-10H2,(H,18,19,21). The van der Waals surface area contributed by atoms with Gasteiger partial charge in [0.1, 0.15) is 0 Å². The number of hydrogen-bond donors (Lipinski definition) is 1. The van der Waals surface area contributed by atoms with Crippen LogP contribution in [0.5, 0.6) is 0 Å². The Bertz CT molecular complexity index is 700. The van der Waals surface area contributed by atoms with Crippen molar-refractivity contribution in [3.05, 3.63) is 40.3 Å². The summed E-state index contributed by atoms with van der Waals surface area (Å²) in [5, 5.41) is 0. The van der Waals surface area contributed by atoms with Crippen molar-refractivity contribution in [2.24, 2.45) is 5.92 Å². The first-order valence-electron chi connectivity index (χ1n) is 8.34. The SMILES string of the molecule is O=c1cc(C2=CC=CC(C3OCCO3)C2)nc(N2CCOCC2)[nH]1. The molecule has 2 fully saturated rings. The molecule has 1 aromatic heterocycles. The highest BCUT2D eigenvalue weighted by molar-refractivity contribution is 5.66. The quantitative estimate of drug-likeness (QED) is 0.888. The summed E-state index contributed by atoms with van der Waals surface area (Å²) in [4.78, 5) is 21.6. The monoisotopic (exact) mass is 331 g/mol. The van der Waals surface area contributed by atoms with Gasteiger partial charge in [-0.05, 0) is 12.0 Å². The number of hydrogen-bond acceptors (Lipinski definition) is 6. The Hall–Kier alpha value is -1.96. The lowest BCUT2D eigenvalue weighted by Crippen LogP contribution is -2.38. The largest absolute Gasteiger partial charge is 0.378 e. The van der Waals surface area contributed by atoms with Crippen molar-refractivity contribution < 1.29 is 14.2 Å². The fraction of sp³-hybridized carbons (Fsp3) is 0.529. The van der Waals surface area contributed by atoms with E-state index < -0.39 is 0 Å². The molecule has 1 atom stereocenters. The number of allylic oxidation sites excluding steroid dienone is 3. The highest BCUT2D eigenvalue weighted by atomic mass is 16.7. The van der Waals surface area contributed by atoms with E-state index in [1.165, 1.54) is 0 Å². The fourth-order valence-electron chi connectivity index (χ4n) is 3.24. The molecule has 2 aliphatic heterocycles. The highest BCUT2D eigenvalue weighted by Gasteiger charge is 2.28. The molecule has 0 aromatic carbocycles. The number of morpholine rings is 1. The molecule has 0 radical (unpaired) electrons. The number of nitrogens with one attached hydrogen (secondary N) is 1. The zero-order valence-electron chi connectivity index (χ0n) is 13.4. The van der Waals surface area contributed by atoms with Gasteiger partial charge in [0.2, 0.25) is 5.95 Å². The first-order chi connectivity index (χ1) is 11.8. The Morgan fingerprint density at radius 1 is 1.17 bits per heavy atom. The maximum atomic E-state index is 12.1. The number of aromatic amines is 1. The van der Waals surface area contributed by atoms with E-state index in [1.807, 2.05) is 17.1 Å². The number of nitrogens with zero attached hydrogens (tertiary/aromatic N) is 2. The number of rotatable bonds is 3. The molecule has 1 aromatic rings. The summed E-state index contributed by atoms with van der Waals surface area (Å²) < 4.78 is 16.6. The second-order valence-corrected chi connectivity index (χ2v) is 6.11. The van der Waals surface area contributed by atoms with E-state index in [-0.39, 0.29) is 17.8 Å². The molecule has 3 aliphatic rings. The molecule has 1 N–H and O–H groups in total. The van der Waals surface area contributed by atoms with E-state index in [4.69, 9.17) is 14.2 Å². The van der Waals surface area contributed by atoms with Gasteiger partial charge in [-0.1, -0.05) is 18.2 Å². The molecule has 7 nitrogen and oxygen atoms in total. The van der Waals surface area contributed by atoms with Gasteiger partial charge >= 0.3 is 0 Å². The van der Waals surface area contributed by atoms with Gasteiger partial charge in [0.25, 0.3) is 5.56 Å². The maximum absolute atomic E-state index is 12.1. The van der Waals surface area contributed by atoms with Crippen molar-refractivity contribution in [2.75, 3.05) is 44.4 Å². The molecular weight excluding hydrogens is 310 g/mol. The van der Waals surface area contributed by atoms with Crippen molar-refractivity contribution >= 4 is 11.5 Å². The minimum Gasteiger partial charge on any atom is -0.378 e. The lowest BCUT2D eigenvalue weighted by molar-refractivity contribution is -0.0691. The zero-order valence-corrected chi connectivity index (χ0v) is 13.4. The van der Waals surface area contributed by atoms with Crippen LogP contribution in [0.3, 0.4) is 0 Å². The molecule has 0 bridgehead atoms. The van der Waals surface area contributed by atoms with Crippen molar-refractivity contribution in [1.29, 1.82) is 0 Å². The maximum Gasteiger partial charge on any atom is 0.252 e. The second kappa shape index (κ2) is 6.88. The molecule has 24 heavy (non-hydrogen) atoms. The van der Waals surface area contributed by atoms with Crippen LogP contribution in [0.4, 0.5) is 5.95 Å². The van der Waals surface area contributed by atoms with E-state index in [0.29, 0.717) is 38.1 Å². The zero-order chi connectivity index (χ0) is 16.4. The molecule has 0 spiro atoms. The number of anilines is 1. The lowest BCUT2D eigenvalue weighted by Gasteiger charge is -2.28. The van der Waals surface area contributed by atoms with Crippen LogP contribution in [0, 0.1) is 5.92 Å². The summed E-state index contributed by atoms with van der Waals surface area (Å²) in [5.41, 5.74) is 1.61. The van der Waals surface area contributed by atoms with Crippen molar-refractivity contribution in [3.63, 3.8) is 0 Å². The summed E-state index contributed by atoms with van der Waals surface area (Å²) in [6, 6.07) is 1.56. The van der Waals surface area contributed by atoms with Crippen LogP contribution < -0.4 is 10.5 Å². The van der Waals surface area contributed by atoms with Gasteiger partial charge in [-0.15, -0.1) is 0 Å². The molecule has 7 heteroatoms. The lowest BCUT2D eigenvalue weighted by atomic mass is 9.92.